The highest BCUT2D eigenvalue weighted by Crippen LogP contribution is 2.22. The number of aromatic nitrogens is 1. The number of carboxylic acids is 1. The molecule has 1 atom stereocenters. The quantitative estimate of drug-likeness (QED) is 0.307. The van der Waals surface area contributed by atoms with Gasteiger partial charge in [0.2, 0.25) is 10.0 Å². The second-order valence-corrected chi connectivity index (χ2v) is 9.71. The third-order valence-electron chi connectivity index (χ3n) is 5.44. The van der Waals surface area contributed by atoms with E-state index in [2.05, 4.69) is 21.1 Å². The molecule has 0 radical (unpaired) electrons. The maximum absolute atomic E-state index is 12.6. The van der Waals surface area contributed by atoms with E-state index in [9.17, 15) is 18.3 Å². The van der Waals surface area contributed by atoms with Crippen LogP contribution in [0, 0.1) is 0 Å². The van der Waals surface area contributed by atoms with E-state index >= 15 is 0 Å². The third-order valence-corrected chi connectivity index (χ3v) is 6.93. The van der Waals surface area contributed by atoms with Crippen molar-refractivity contribution >= 4 is 21.8 Å². The van der Waals surface area contributed by atoms with Crippen LogP contribution in [0.1, 0.15) is 11.1 Å². The van der Waals surface area contributed by atoms with Gasteiger partial charge in [0.05, 0.1) is 4.90 Å². The van der Waals surface area contributed by atoms with E-state index in [-0.39, 0.29) is 11.3 Å². The minimum absolute atomic E-state index is 0.0235. The van der Waals surface area contributed by atoms with Crippen molar-refractivity contribution in [2.75, 3.05) is 5.32 Å². The number of nitrogens with one attached hydrogen (secondary N) is 2. The second-order valence-electron chi connectivity index (χ2n) is 8.00. The lowest BCUT2D eigenvalue weighted by Gasteiger charge is -2.15. The Hall–Kier alpha value is -4.01. The lowest BCUT2D eigenvalue weighted by atomic mass is 9.99. The van der Waals surface area contributed by atoms with Gasteiger partial charge in [-0.15, -0.1) is 0 Å². The Bertz CT molecular complexity index is 1380. The fourth-order valence-electron chi connectivity index (χ4n) is 3.62. The summed E-state index contributed by atoms with van der Waals surface area (Å²) in [6.45, 7) is 0.630. The van der Waals surface area contributed by atoms with Crippen LogP contribution in [0.25, 0.3) is 11.1 Å². The maximum atomic E-state index is 12.6. The first-order valence-corrected chi connectivity index (χ1v) is 12.5. The van der Waals surface area contributed by atoms with Crippen LogP contribution < -0.4 is 10.0 Å². The Morgan fingerprint density at radius 3 is 2.26 bits per heavy atom. The van der Waals surface area contributed by atoms with Gasteiger partial charge in [-0.3, -0.25) is 4.79 Å². The van der Waals surface area contributed by atoms with Crippen LogP contribution in [0.2, 0.25) is 0 Å². The number of nitrogens with zero attached hydrogens (tertiary/aromatic N) is 1. The Labute approximate surface area is 204 Å². The molecule has 1 unspecified atom stereocenters. The molecule has 3 aromatic carbocycles. The van der Waals surface area contributed by atoms with Crippen LogP contribution in [-0.4, -0.2) is 30.5 Å². The lowest BCUT2D eigenvalue weighted by Crippen LogP contribution is -2.42. The van der Waals surface area contributed by atoms with Gasteiger partial charge in [-0.25, -0.2) is 13.4 Å². The Balaban J connectivity index is 1.44. The number of carbonyl (C=O) groups is 1. The van der Waals surface area contributed by atoms with Crippen LogP contribution in [0.3, 0.4) is 0 Å². The van der Waals surface area contributed by atoms with Gasteiger partial charge >= 0.3 is 5.97 Å². The van der Waals surface area contributed by atoms with Crippen molar-refractivity contribution in [3.63, 3.8) is 0 Å². The molecule has 4 aromatic rings. The molecular weight excluding hydrogens is 462 g/mol. The monoisotopic (exact) mass is 487 g/mol. The fourth-order valence-corrected chi connectivity index (χ4v) is 4.83. The van der Waals surface area contributed by atoms with E-state index in [1.165, 1.54) is 12.1 Å². The van der Waals surface area contributed by atoms with Gasteiger partial charge in [0, 0.05) is 12.7 Å². The molecule has 4 rings (SSSR count). The fraction of sp³-hybridized carbons (Fsp3) is 0.111. The van der Waals surface area contributed by atoms with Crippen LogP contribution in [0.4, 0.5) is 5.82 Å². The Kier molecular flexibility index (Phi) is 7.54. The number of aliphatic carboxylic acids is 1. The average Bonchev–Trinajstić information content (AvgIpc) is 2.89. The molecule has 0 aliphatic rings. The van der Waals surface area contributed by atoms with Gasteiger partial charge in [-0.05, 0) is 59.0 Å². The summed E-state index contributed by atoms with van der Waals surface area (Å²) in [6, 6.07) is 27.7. The maximum Gasteiger partial charge on any atom is 0.322 e. The van der Waals surface area contributed by atoms with Crippen molar-refractivity contribution in [1.82, 2.24) is 9.71 Å². The number of carboxylic acid groups (broad SMARTS) is 1. The van der Waals surface area contributed by atoms with Crippen molar-refractivity contribution in [3.8, 4) is 11.1 Å². The van der Waals surface area contributed by atoms with Crippen molar-refractivity contribution < 1.29 is 18.3 Å². The third kappa shape index (κ3) is 6.53. The predicted molar refractivity (Wildman–Crippen MR) is 135 cm³/mol. The summed E-state index contributed by atoms with van der Waals surface area (Å²) in [5.41, 5.74) is 3.81. The number of benzene rings is 3. The first-order valence-electron chi connectivity index (χ1n) is 11.0. The molecule has 1 heterocycles. The van der Waals surface area contributed by atoms with Crippen LogP contribution in [0.5, 0.6) is 0 Å². The van der Waals surface area contributed by atoms with E-state index < -0.39 is 22.0 Å². The molecule has 3 N–H and O–H groups in total. The highest BCUT2D eigenvalue weighted by atomic mass is 32.2. The van der Waals surface area contributed by atoms with Crippen molar-refractivity contribution in [1.29, 1.82) is 0 Å². The first kappa shape index (κ1) is 24.1. The standard InChI is InChI=1S/C27H25N3O4S/c31-27(32)25(30-35(33,34)24-9-2-1-3-10-24)18-20-12-14-22(15-13-20)23-8-6-7-21(17-23)19-29-26-11-4-5-16-28-26/h1-17,25,30H,18-19H2,(H,28,29)(H,31,32). The second kappa shape index (κ2) is 10.9. The highest BCUT2D eigenvalue weighted by molar-refractivity contribution is 7.89. The molecule has 0 amide bonds. The summed E-state index contributed by atoms with van der Waals surface area (Å²) in [5.74, 6) is -0.431. The van der Waals surface area contributed by atoms with Gasteiger partial charge in [-0.1, -0.05) is 66.7 Å². The number of rotatable bonds is 10. The minimum Gasteiger partial charge on any atom is -0.480 e. The molecule has 0 saturated heterocycles. The summed E-state index contributed by atoms with van der Waals surface area (Å²) < 4.78 is 27.4. The molecule has 7 nitrogen and oxygen atoms in total. The molecule has 8 heteroatoms. The summed E-state index contributed by atoms with van der Waals surface area (Å²) in [5, 5.41) is 12.9. The van der Waals surface area contributed by atoms with Gasteiger partial charge in [0.25, 0.3) is 0 Å². The molecule has 0 bridgehead atoms. The molecule has 178 valence electrons. The van der Waals surface area contributed by atoms with E-state index in [1.54, 1.807) is 24.4 Å². The summed E-state index contributed by atoms with van der Waals surface area (Å²) >= 11 is 0. The molecule has 0 aliphatic heterocycles. The SMILES string of the molecule is O=C(O)C(Cc1ccc(-c2cccc(CNc3ccccn3)c2)cc1)NS(=O)(=O)c1ccccc1. The van der Waals surface area contributed by atoms with Crippen LogP contribution in [0.15, 0.2) is 108 Å². The first-order chi connectivity index (χ1) is 16.9. The topological polar surface area (TPSA) is 108 Å². The molecular formula is C27H25N3O4S. The highest BCUT2D eigenvalue weighted by Gasteiger charge is 2.25. The summed E-state index contributed by atoms with van der Waals surface area (Å²) in [4.78, 5) is 16.1. The zero-order chi connectivity index (χ0) is 24.7. The van der Waals surface area contributed by atoms with E-state index in [0.29, 0.717) is 12.1 Å². The molecule has 0 fully saturated rings. The van der Waals surface area contributed by atoms with Gasteiger partial charge in [0.15, 0.2) is 0 Å². The van der Waals surface area contributed by atoms with Gasteiger partial charge in [-0.2, -0.15) is 4.72 Å². The van der Waals surface area contributed by atoms with Crippen molar-refractivity contribution in [2.24, 2.45) is 0 Å². The zero-order valence-electron chi connectivity index (χ0n) is 18.8. The summed E-state index contributed by atoms with van der Waals surface area (Å²) in [6.07, 6.45) is 1.76. The Morgan fingerprint density at radius 2 is 1.57 bits per heavy atom. The number of sulfonamides is 1. The molecule has 35 heavy (non-hydrogen) atoms. The van der Waals surface area contributed by atoms with E-state index in [1.807, 2.05) is 60.7 Å². The largest absolute Gasteiger partial charge is 0.480 e. The number of hydrogen-bond donors (Lipinski definition) is 3. The van der Waals surface area contributed by atoms with E-state index in [4.69, 9.17) is 0 Å². The summed E-state index contributed by atoms with van der Waals surface area (Å²) in [7, 11) is -3.95. The Morgan fingerprint density at radius 1 is 0.829 bits per heavy atom. The minimum atomic E-state index is -3.95. The molecule has 0 spiro atoms. The predicted octanol–water partition coefficient (Wildman–Crippen LogP) is 4.33. The normalized spacial score (nSPS) is 12.1. The van der Waals surface area contributed by atoms with Crippen molar-refractivity contribution in [3.05, 3.63) is 114 Å². The van der Waals surface area contributed by atoms with Crippen molar-refractivity contribution in [2.45, 2.75) is 23.9 Å². The van der Waals surface area contributed by atoms with Crippen LogP contribution in [-0.2, 0) is 27.8 Å². The van der Waals surface area contributed by atoms with Gasteiger partial charge < -0.3 is 10.4 Å². The number of anilines is 1. The average molecular weight is 488 g/mol. The molecule has 0 saturated carbocycles. The van der Waals surface area contributed by atoms with Gasteiger partial charge in [0.1, 0.15) is 11.9 Å². The number of pyridine rings is 1. The molecule has 1 aromatic heterocycles. The molecule has 0 aliphatic carbocycles. The van der Waals surface area contributed by atoms with Crippen LogP contribution >= 0.6 is 0 Å². The smallest absolute Gasteiger partial charge is 0.322 e. The lowest BCUT2D eigenvalue weighted by molar-refractivity contribution is -0.138. The zero-order valence-corrected chi connectivity index (χ0v) is 19.7. The van der Waals surface area contributed by atoms with E-state index in [0.717, 1.165) is 22.5 Å². The number of hydrogen-bond acceptors (Lipinski definition) is 5.